The van der Waals surface area contributed by atoms with Crippen LogP contribution in [-0.4, -0.2) is 0 Å². The lowest BCUT2D eigenvalue weighted by Crippen LogP contribution is -1.97. The highest BCUT2D eigenvalue weighted by atomic mass is 79.9. The van der Waals surface area contributed by atoms with Gasteiger partial charge in [-0.15, -0.1) is 0 Å². The third-order valence-corrected chi connectivity index (χ3v) is 5.32. The zero-order valence-corrected chi connectivity index (χ0v) is 13.3. The van der Waals surface area contributed by atoms with Crippen LogP contribution in [0.25, 0.3) is 0 Å². The summed E-state index contributed by atoms with van der Waals surface area (Å²) >= 11 is 11.1. The van der Waals surface area contributed by atoms with Crippen LogP contribution in [0, 0.1) is 5.92 Å². The van der Waals surface area contributed by atoms with Crippen LogP contribution < -0.4 is 0 Å². The van der Waals surface area contributed by atoms with Gasteiger partial charge in [-0.05, 0) is 48.4 Å². The van der Waals surface area contributed by atoms with Gasteiger partial charge in [-0.25, -0.2) is 0 Å². The summed E-state index contributed by atoms with van der Waals surface area (Å²) in [6.45, 7) is 2.34. The summed E-state index contributed by atoms with van der Waals surface area (Å²) in [5, 5.41) is 0. The van der Waals surface area contributed by atoms with E-state index in [1.807, 2.05) is 0 Å². The number of halogens is 3. The Balaban J connectivity index is 2.52. The standard InChI is InChI=1S/C12H13Br3/c1-7-2-3-8-9(13)4-5-10(14)12(8)11(15)6-7/h4-5,7,11H,2-3,6H2,1H3. The summed E-state index contributed by atoms with van der Waals surface area (Å²) in [7, 11) is 0. The predicted molar refractivity (Wildman–Crippen MR) is 75.6 cm³/mol. The fraction of sp³-hybridized carbons (Fsp3) is 0.500. The molecule has 2 rings (SSSR count). The van der Waals surface area contributed by atoms with E-state index in [1.165, 1.54) is 39.3 Å². The maximum atomic E-state index is 3.81. The number of rotatable bonds is 0. The van der Waals surface area contributed by atoms with E-state index in [0.717, 1.165) is 5.92 Å². The average molecular weight is 397 g/mol. The molecule has 0 bridgehead atoms. The first-order chi connectivity index (χ1) is 7.09. The van der Waals surface area contributed by atoms with E-state index < -0.39 is 0 Å². The molecule has 0 amide bonds. The van der Waals surface area contributed by atoms with E-state index in [0.29, 0.717) is 4.83 Å². The molecule has 0 aliphatic heterocycles. The number of benzene rings is 1. The van der Waals surface area contributed by atoms with Crippen LogP contribution >= 0.6 is 47.8 Å². The third kappa shape index (κ3) is 2.50. The molecule has 2 atom stereocenters. The van der Waals surface area contributed by atoms with Crippen molar-refractivity contribution in [1.29, 1.82) is 0 Å². The number of hydrogen-bond donors (Lipinski definition) is 0. The highest BCUT2D eigenvalue weighted by molar-refractivity contribution is 9.11. The third-order valence-electron chi connectivity index (χ3n) is 3.06. The second-order valence-corrected chi connectivity index (χ2v) is 7.08. The summed E-state index contributed by atoms with van der Waals surface area (Å²) in [6, 6.07) is 4.27. The molecular formula is C12H13Br3. The van der Waals surface area contributed by atoms with Crippen LogP contribution in [0.3, 0.4) is 0 Å². The van der Waals surface area contributed by atoms with Gasteiger partial charge in [0.1, 0.15) is 0 Å². The second kappa shape index (κ2) is 4.89. The maximum absolute atomic E-state index is 3.81. The molecule has 2 unspecified atom stereocenters. The van der Waals surface area contributed by atoms with E-state index in [2.05, 4.69) is 66.8 Å². The number of hydrogen-bond acceptors (Lipinski definition) is 0. The minimum atomic E-state index is 0.483. The fourth-order valence-corrected chi connectivity index (χ4v) is 4.84. The fourth-order valence-electron chi connectivity index (χ4n) is 2.18. The quantitative estimate of drug-likeness (QED) is 0.394. The molecule has 0 fully saturated rings. The Bertz CT molecular complexity index is 373. The molecule has 1 aromatic carbocycles. The Morgan fingerprint density at radius 2 is 1.87 bits per heavy atom. The molecule has 82 valence electrons. The highest BCUT2D eigenvalue weighted by Crippen LogP contribution is 2.43. The molecule has 0 N–H and O–H groups in total. The Hall–Kier alpha value is 0.660. The summed E-state index contributed by atoms with van der Waals surface area (Å²) in [5.74, 6) is 0.792. The lowest BCUT2D eigenvalue weighted by atomic mass is 10.0. The first-order valence-electron chi connectivity index (χ1n) is 5.20. The van der Waals surface area contributed by atoms with Crippen molar-refractivity contribution < 1.29 is 0 Å². The SMILES string of the molecule is CC1CCc2c(Br)ccc(Br)c2C(Br)C1. The topological polar surface area (TPSA) is 0 Å². The molecule has 0 radical (unpaired) electrons. The Labute approximate surface area is 116 Å². The van der Waals surface area contributed by atoms with Crippen molar-refractivity contribution in [3.05, 3.63) is 32.2 Å². The van der Waals surface area contributed by atoms with Crippen molar-refractivity contribution in [3.8, 4) is 0 Å². The molecule has 0 saturated carbocycles. The molecule has 1 aliphatic rings. The van der Waals surface area contributed by atoms with Crippen molar-refractivity contribution in [2.24, 2.45) is 5.92 Å². The molecule has 1 aliphatic carbocycles. The van der Waals surface area contributed by atoms with Gasteiger partial charge >= 0.3 is 0 Å². The molecular weight excluding hydrogens is 384 g/mol. The Morgan fingerprint density at radius 1 is 1.20 bits per heavy atom. The van der Waals surface area contributed by atoms with Gasteiger partial charge in [0, 0.05) is 13.8 Å². The van der Waals surface area contributed by atoms with Gasteiger partial charge in [0.15, 0.2) is 0 Å². The molecule has 1 aromatic rings. The van der Waals surface area contributed by atoms with Crippen LogP contribution in [0.15, 0.2) is 21.1 Å². The normalized spacial score (nSPS) is 25.9. The zero-order chi connectivity index (χ0) is 11.0. The lowest BCUT2D eigenvalue weighted by Gasteiger charge is -2.15. The first kappa shape index (κ1) is 12.1. The van der Waals surface area contributed by atoms with E-state index >= 15 is 0 Å². The molecule has 0 heterocycles. The Kier molecular flexibility index (Phi) is 3.95. The average Bonchev–Trinajstić information content (AvgIpc) is 2.32. The summed E-state index contributed by atoms with van der Waals surface area (Å²) in [5.41, 5.74) is 2.91. The molecule has 15 heavy (non-hydrogen) atoms. The van der Waals surface area contributed by atoms with Crippen molar-refractivity contribution in [3.63, 3.8) is 0 Å². The van der Waals surface area contributed by atoms with E-state index in [1.54, 1.807) is 0 Å². The number of alkyl halides is 1. The molecule has 0 nitrogen and oxygen atoms in total. The smallest absolute Gasteiger partial charge is 0.0412 e. The maximum Gasteiger partial charge on any atom is 0.0412 e. The Morgan fingerprint density at radius 3 is 2.60 bits per heavy atom. The van der Waals surface area contributed by atoms with Gasteiger partial charge in [-0.2, -0.15) is 0 Å². The van der Waals surface area contributed by atoms with Gasteiger partial charge in [-0.3, -0.25) is 0 Å². The summed E-state index contributed by atoms with van der Waals surface area (Å²) in [4.78, 5) is 0.483. The van der Waals surface area contributed by atoms with Crippen LogP contribution in [0.4, 0.5) is 0 Å². The minimum absolute atomic E-state index is 0.483. The van der Waals surface area contributed by atoms with Crippen molar-refractivity contribution >= 4 is 47.8 Å². The second-order valence-electron chi connectivity index (χ2n) is 4.27. The van der Waals surface area contributed by atoms with Gasteiger partial charge in [0.25, 0.3) is 0 Å². The molecule has 0 spiro atoms. The van der Waals surface area contributed by atoms with Crippen LogP contribution in [-0.2, 0) is 6.42 Å². The highest BCUT2D eigenvalue weighted by Gasteiger charge is 2.23. The van der Waals surface area contributed by atoms with E-state index in [4.69, 9.17) is 0 Å². The van der Waals surface area contributed by atoms with Gasteiger partial charge in [0.2, 0.25) is 0 Å². The summed E-state index contributed by atoms with van der Waals surface area (Å²) in [6.07, 6.45) is 3.69. The molecule has 0 aromatic heterocycles. The minimum Gasteiger partial charge on any atom is -0.0838 e. The zero-order valence-electron chi connectivity index (χ0n) is 8.56. The van der Waals surface area contributed by atoms with Crippen LogP contribution in [0.1, 0.15) is 35.7 Å². The van der Waals surface area contributed by atoms with E-state index in [-0.39, 0.29) is 0 Å². The van der Waals surface area contributed by atoms with Crippen molar-refractivity contribution in [1.82, 2.24) is 0 Å². The van der Waals surface area contributed by atoms with E-state index in [9.17, 15) is 0 Å². The van der Waals surface area contributed by atoms with Crippen molar-refractivity contribution in [2.45, 2.75) is 31.0 Å². The van der Waals surface area contributed by atoms with Crippen LogP contribution in [0.2, 0.25) is 0 Å². The van der Waals surface area contributed by atoms with Gasteiger partial charge in [-0.1, -0.05) is 54.7 Å². The molecule has 0 saturated heterocycles. The first-order valence-corrected chi connectivity index (χ1v) is 7.70. The monoisotopic (exact) mass is 394 g/mol. The van der Waals surface area contributed by atoms with Gasteiger partial charge in [0.05, 0.1) is 0 Å². The molecule has 3 heteroatoms. The lowest BCUT2D eigenvalue weighted by molar-refractivity contribution is 0.508. The largest absolute Gasteiger partial charge is 0.0838 e. The van der Waals surface area contributed by atoms with Gasteiger partial charge < -0.3 is 0 Å². The van der Waals surface area contributed by atoms with Crippen molar-refractivity contribution in [2.75, 3.05) is 0 Å². The summed E-state index contributed by atoms with van der Waals surface area (Å²) < 4.78 is 2.48. The van der Waals surface area contributed by atoms with Crippen LogP contribution in [0.5, 0.6) is 0 Å². The number of fused-ring (bicyclic) bond motifs is 1. The predicted octanol–water partition coefficient (Wildman–Crippen LogP) is 5.62.